The second-order valence-electron chi connectivity index (χ2n) is 10.7. The molecule has 0 unspecified atom stereocenters. The molecule has 0 aliphatic carbocycles. The highest BCUT2D eigenvalue weighted by molar-refractivity contribution is 5.89. The maximum atomic E-state index is 12.3. The molecule has 5 aromatic rings. The van der Waals surface area contributed by atoms with Gasteiger partial charge in [0.1, 0.15) is 12.4 Å². The zero-order chi connectivity index (χ0) is 30.6. The van der Waals surface area contributed by atoms with Crippen molar-refractivity contribution in [2.24, 2.45) is 0 Å². The highest BCUT2D eigenvalue weighted by atomic mass is 16.5. The third kappa shape index (κ3) is 8.80. The van der Waals surface area contributed by atoms with E-state index in [9.17, 15) is 14.7 Å². The Kier molecular flexibility index (Phi) is 10.8. The number of aryl methyl sites for hydroxylation is 1. The molecule has 5 N–H and O–H groups in total. The number of H-pyrrole nitrogens is 1. The number of aliphatic hydroxyl groups is 1. The van der Waals surface area contributed by atoms with Gasteiger partial charge in [0.2, 0.25) is 5.56 Å². The minimum absolute atomic E-state index is 0.221. The van der Waals surface area contributed by atoms with Crippen LogP contribution in [0, 0.1) is 0 Å². The van der Waals surface area contributed by atoms with Crippen molar-refractivity contribution < 1.29 is 14.6 Å². The Morgan fingerprint density at radius 3 is 2.34 bits per heavy atom. The van der Waals surface area contributed by atoms with E-state index < -0.39 is 6.10 Å². The van der Waals surface area contributed by atoms with Crippen LogP contribution in [0.2, 0.25) is 0 Å². The second kappa shape index (κ2) is 15.5. The Labute approximate surface area is 257 Å². The first-order valence-corrected chi connectivity index (χ1v) is 14.9. The number of carbonyl (C=O) groups is 1. The van der Waals surface area contributed by atoms with Crippen LogP contribution >= 0.6 is 0 Å². The molecule has 4 aromatic carbocycles. The number of pyridine rings is 1. The molecule has 1 aromatic heterocycles. The number of hydrogen-bond acceptors (Lipinski definition) is 5. The molecule has 0 saturated heterocycles. The van der Waals surface area contributed by atoms with Crippen LogP contribution in [0.4, 0.5) is 10.5 Å². The number of aromatic nitrogens is 1. The smallest absolute Gasteiger partial charge is 0.319 e. The van der Waals surface area contributed by atoms with Gasteiger partial charge in [-0.25, -0.2) is 4.79 Å². The Morgan fingerprint density at radius 1 is 0.795 bits per heavy atom. The number of urea groups is 1. The van der Waals surface area contributed by atoms with E-state index in [0.29, 0.717) is 43.1 Å². The SMILES string of the molecule is O=C(NCCCc1ccccc1)Nc1cccc(CCNC[C@@H](O)c2ccc(OCc3ccccc3)c3[nH]c(=O)ccc23)c1. The van der Waals surface area contributed by atoms with E-state index in [2.05, 4.69) is 33.1 Å². The highest BCUT2D eigenvalue weighted by Gasteiger charge is 2.15. The fourth-order valence-corrected chi connectivity index (χ4v) is 5.09. The van der Waals surface area contributed by atoms with Crippen molar-refractivity contribution >= 4 is 22.6 Å². The number of nitrogens with one attached hydrogen (secondary N) is 4. The van der Waals surface area contributed by atoms with Crippen molar-refractivity contribution in [1.82, 2.24) is 15.6 Å². The molecule has 8 nitrogen and oxygen atoms in total. The van der Waals surface area contributed by atoms with Crippen LogP contribution in [0.3, 0.4) is 0 Å². The summed E-state index contributed by atoms with van der Waals surface area (Å²) < 4.78 is 6.02. The lowest BCUT2D eigenvalue weighted by Gasteiger charge is -2.17. The van der Waals surface area contributed by atoms with Crippen LogP contribution in [0.25, 0.3) is 10.9 Å². The quantitative estimate of drug-likeness (QED) is 0.106. The van der Waals surface area contributed by atoms with Gasteiger partial charge in [-0.3, -0.25) is 4.79 Å². The van der Waals surface area contributed by atoms with Gasteiger partial charge in [-0.15, -0.1) is 0 Å². The molecular formula is C36H38N4O4. The summed E-state index contributed by atoms with van der Waals surface area (Å²) in [7, 11) is 0. The van der Waals surface area contributed by atoms with Crippen LogP contribution in [-0.2, 0) is 19.4 Å². The maximum Gasteiger partial charge on any atom is 0.319 e. The van der Waals surface area contributed by atoms with Crippen molar-refractivity contribution in [3.8, 4) is 5.75 Å². The first-order chi connectivity index (χ1) is 21.5. The molecular weight excluding hydrogens is 552 g/mol. The minimum Gasteiger partial charge on any atom is -0.487 e. The third-order valence-corrected chi connectivity index (χ3v) is 7.37. The predicted octanol–water partition coefficient (Wildman–Crippen LogP) is 5.73. The van der Waals surface area contributed by atoms with Crippen molar-refractivity contribution in [3.63, 3.8) is 0 Å². The van der Waals surface area contributed by atoms with E-state index in [1.807, 2.05) is 78.9 Å². The number of benzene rings is 4. The molecule has 0 radical (unpaired) electrons. The molecule has 0 spiro atoms. The van der Waals surface area contributed by atoms with Crippen molar-refractivity contribution in [3.05, 3.63) is 142 Å². The number of ether oxygens (including phenoxy) is 1. The molecule has 44 heavy (non-hydrogen) atoms. The average Bonchev–Trinajstić information content (AvgIpc) is 3.05. The minimum atomic E-state index is -0.787. The van der Waals surface area contributed by atoms with Crippen molar-refractivity contribution in [2.45, 2.75) is 32.0 Å². The topological polar surface area (TPSA) is 115 Å². The van der Waals surface area contributed by atoms with Gasteiger partial charge in [0.25, 0.3) is 0 Å². The van der Waals surface area contributed by atoms with E-state index in [1.54, 1.807) is 12.1 Å². The lowest BCUT2D eigenvalue weighted by atomic mass is 10.0. The molecule has 226 valence electrons. The molecule has 0 aliphatic heterocycles. The van der Waals surface area contributed by atoms with Crippen molar-refractivity contribution in [2.75, 3.05) is 25.0 Å². The van der Waals surface area contributed by atoms with Gasteiger partial charge in [0, 0.05) is 30.2 Å². The van der Waals surface area contributed by atoms with E-state index in [4.69, 9.17) is 4.74 Å². The summed E-state index contributed by atoms with van der Waals surface area (Å²) in [5.41, 5.74) is 5.12. The number of hydrogen-bond donors (Lipinski definition) is 5. The van der Waals surface area contributed by atoms with E-state index in [-0.39, 0.29) is 11.6 Å². The number of carbonyl (C=O) groups excluding carboxylic acids is 1. The maximum absolute atomic E-state index is 12.3. The number of aromatic amines is 1. The highest BCUT2D eigenvalue weighted by Crippen LogP contribution is 2.30. The number of fused-ring (bicyclic) bond motifs is 1. The molecule has 2 amide bonds. The van der Waals surface area contributed by atoms with Crippen LogP contribution in [0.5, 0.6) is 5.75 Å². The van der Waals surface area contributed by atoms with Crippen LogP contribution in [0.1, 0.15) is 34.8 Å². The zero-order valence-electron chi connectivity index (χ0n) is 24.6. The Balaban J connectivity index is 1.09. The van der Waals surface area contributed by atoms with Gasteiger partial charge >= 0.3 is 6.03 Å². The van der Waals surface area contributed by atoms with Gasteiger partial charge in [0.05, 0.1) is 11.6 Å². The molecule has 0 aliphatic rings. The third-order valence-electron chi connectivity index (χ3n) is 7.37. The Morgan fingerprint density at radius 2 is 1.55 bits per heavy atom. The number of rotatable bonds is 14. The molecule has 1 atom stereocenters. The van der Waals surface area contributed by atoms with Gasteiger partial charge in [-0.2, -0.15) is 0 Å². The summed E-state index contributed by atoms with van der Waals surface area (Å²) in [6, 6.07) is 34.4. The standard InChI is InChI=1S/C36H38N4O4/c41-32(30-16-18-33(35-31(30)17-19-34(42)40-35)44-25-28-11-5-2-6-12-28)24-37-22-20-27-13-7-15-29(23-27)39-36(43)38-21-8-14-26-9-3-1-4-10-26/h1-7,9-13,15-19,23,32,37,41H,8,14,20-22,24-25H2,(H,40,42)(H2,38,39,43)/t32-/m1/s1. The van der Waals surface area contributed by atoms with Gasteiger partial charge < -0.3 is 30.8 Å². The van der Waals surface area contributed by atoms with Crippen LogP contribution < -0.4 is 26.2 Å². The van der Waals surface area contributed by atoms with Crippen LogP contribution in [0.15, 0.2) is 114 Å². The summed E-state index contributed by atoms with van der Waals surface area (Å²) >= 11 is 0. The van der Waals surface area contributed by atoms with Crippen LogP contribution in [-0.4, -0.2) is 35.8 Å². The molecule has 5 rings (SSSR count). The predicted molar refractivity (Wildman–Crippen MR) is 175 cm³/mol. The van der Waals surface area contributed by atoms with E-state index in [1.165, 1.54) is 11.6 Å². The number of anilines is 1. The number of aliphatic hydroxyl groups excluding tert-OH is 1. The van der Waals surface area contributed by atoms with Gasteiger partial charge in [0.15, 0.2) is 0 Å². The summed E-state index contributed by atoms with van der Waals surface area (Å²) in [5, 5.41) is 20.9. The molecule has 1 heterocycles. The normalized spacial score (nSPS) is 11.7. The lowest BCUT2D eigenvalue weighted by Crippen LogP contribution is -2.29. The molecule has 0 fully saturated rings. The molecule has 8 heteroatoms. The Hall–Kier alpha value is -4.92. The first-order valence-electron chi connectivity index (χ1n) is 14.9. The second-order valence-corrected chi connectivity index (χ2v) is 10.7. The zero-order valence-corrected chi connectivity index (χ0v) is 24.6. The summed E-state index contributed by atoms with van der Waals surface area (Å²) in [5.74, 6) is 0.555. The summed E-state index contributed by atoms with van der Waals surface area (Å²) in [6.45, 7) is 1.94. The first kappa shape index (κ1) is 30.5. The summed E-state index contributed by atoms with van der Waals surface area (Å²) in [6.07, 6.45) is 1.73. The fourth-order valence-electron chi connectivity index (χ4n) is 5.09. The van der Waals surface area contributed by atoms with E-state index >= 15 is 0 Å². The monoisotopic (exact) mass is 590 g/mol. The van der Waals surface area contributed by atoms with E-state index in [0.717, 1.165) is 41.5 Å². The Bertz CT molecular complexity index is 1710. The average molecular weight is 591 g/mol. The number of amides is 2. The van der Waals surface area contributed by atoms with Gasteiger partial charge in [-0.1, -0.05) is 78.9 Å². The van der Waals surface area contributed by atoms with Crippen molar-refractivity contribution in [1.29, 1.82) is 0 Å². The lowest BCUT2D eigenvalue weighted by molar-refractivity contribution is 0.176. The van der Waals surface area contributed by atoms with Gasteiger partial charge in [-0.05, 0) is 72.3 Å². The fraction of sp³-hybridized carbons (Fsp3) is 0.222. The largest absolute Gasteiger partial charge is 0.487 e. The summed E-state index contributed by atoms with van der Waals surface area (Å²) in [4.78, 5) is 27.3. The molecule has 0 saturated carbocycles. The molecule has 0 bridgehead atoms.